The quantitative estimate of drug-likeness (QED) is 0.716. The lowest BCUT2D eigenvalue weighted by Gasteiger charge is -2.11. The molecule has 3 aromatic heterocycles. The van der Waals surface area contributed by atoms with Crippen LogP contribution in [-0.2, 0) is 6.18 Å². The van der Waals surface area contributed by atoms with Crippen LogP contribution in [0.5, 0.6) is 0 Å². The minimum absolute atomic E-state index is 0.0882. The Morgan fingerprint density at radius 2 is 2.00 bits per heavy atom. The second-order valence-electron chi connectivity index (χ2n) is 4.42. The van der Waals surface area contributed by atoms with Gasteiger partial charge < -0.3 is 10.7 Å². The Hall–Kier alpha value is -2.97. The molecule has 0 amide bonds. The molecule has 0 fully saturated rings. The van der Waals surface area contributed by atoms with Crippen LogP contribution in [0.15, 0.2) is 35.5 Å². The number of nitrogens with two attached hydrogens (primary N) is 1. The number of rotatable bonds is 1. The zero-order valence-corrected chi connectivity index (χ0v) is 10.8. The topological polar surface area (TPSA) is 97.5 Å². The summed E-state index contributed by atoms with van der Waals surface area (Å²) in [5, 5.41) is 0.270. The zero-order chi connectivity index (χ0) is 15.9. The second kappa shape index (κ2) is 4.79. The molecule has 0 spiro atoms. The smallest absolute Gasteiger partial charge is 0.368 e. The lowest BCUT2D eigenvalue weighted by atomic mass is 10.1. The standard InChI is InChI=1S/C13H8F3N5O/c14-13(15,16)8-5-20-12(17)21-9(8)7-4-19-10-6(7)2-1-3-18-11(10)22/h1-5,19H,(H2,17,20,21). The van der Waals surface area contributed by atoms with Gasteiger partial charge in [-0.3, -0.25) is 4.79 Å². The molecule has 0 aliphatic rings. The van der Waals surface area contributed by atoms with Crippen LogP contribution in [-0.4, -0.2) is 19.9 Å². The third kappa shape index (κ3) is 2.26. The normalized spacial score (nSPS) is 11.8. The Bertz CT molecular complexity index is 919. The molecule has 0 saturated heterocycles. The van der Waals surface area contributed by atoms with Crippen molar-refractivity contribution in [3.8, 4) is 11.3 Å². The van der Waals surface area contributed by atoms with E-state index in [1.165, 1.54) is 24.5 Å². The number of hydrogen-bond acceptors (Lipinski definition) is 5. The van der Waals surface area contributed by atoms with Gasteiger partial charge in [-0.1, -0.05) is 6.07 Å². The van der Waals surface area contributed by atoms with Crippen LogP contribution in [0, 0.1) is 0 Å². The Kier molecular flexibility index (Phi) is 3.05. The van der Waals surface area contributed by atoms with Crippen molar-refractivity contribution < 1.29 is 13.2 Å². The first-order valence-electron chi connectivity index (χ1n) is 6.04. The summed E-state index contributed by atoms with van der Waals surface area (Å²) in [5.41, 5.74) is 3.59. The van der Waals surface area contributed by atoms with E-state index in [1.54, 1.807) is 0 Å². The van der Waals surface area contributed by atoms with Gasteiger partial charge in [0.15, 0.2) is 0 Å². The van der Waals surface area contributed by atoms with E-state index in [1.807, 2.05) is 0 Å². The molecule has 3 N–H and O–H groups in total. The fraction of sp³-hybridized carbons (Fsp3) is 0.0769. The Balaban J connectivity index is 2.39. The summed E-state index contributed by atoms with van der Waals surface area (Å²) in [6, 6.07) is 2.94. The number of hydrogen-bond donors (Lipinski definition) is 2. The van der Waals surface area contributed by atoms with E-state index in [9.17, 15) is 18.0 Å². The van der Waals surface area contributed by atoms with E-state index in [2.05, 4.69) is 19.9 Å². The summed E-state index contributed by atoms with van der Waals surface area (Å²) in [5.74, 6) is -0.293. The van der Waals surface area contributed by atoms with E-state index >= 15 is 0 Å². The van der Waals surface area contributed by atoms with Gasteiger partial charge in [0.1, 0.15) is 11.1 Å². The van der Waals surface area contributed by atoms with E-state index in [-0.39, 0.29) is 22.4 Å². The number of nitrogens with one attached hydrogen (secondary N) is 1. The molecule has 0 unspecified atom stereocenters. The lowest BCUT2D eigenvalue weighted by molar-refractivity contribution is -0.137. The summed E-state index contributed by atoms with van der Waals surface area (Å²) in [6.07, 6.45) is -1.50. The first-order chi connectivity index (χ1) is 10.4. The van der Waals surface area contributed by atoms with Crippen molar-refractivity contribution in [2.24, 2.45) is 0 Å². The average Bonchev–Trinajstić information content (AvgIpc) is 2.77. The number of halogens is 3. The van der Waals surface area contributed by atoms with Crippen LogP contribution >= 0.6 is 0 Å². The predicted octanol–water partition coefficient (Wildman–Crippen LogP) is 1.98. The minimum Gasteiger partial charge on any atom is -0.368 e. The van der Waals surface area contributed by atoms with E-state index in [0.29, 0.717) is 6.20 Å². The third-order valence-corrected chi connectivity index (χ3v) is 3.04. The number of alkyl halides is 3. The van der Waals surface area contributed by atoms with Crippen molar-refractivity contribution in [2.75, 3.05) is 5.73 Å². The molecule has 22 heavy (non-hydrogen) atoms. The highest BCUT2D eigenvalue weighted by atomic mass is 19.4. The van der Waals surface area contributed by atoms with Gasteiger partial charge in [-0.2, -0.15) is 13.2 Å². The maximum atomic E-state index is 13.1. The molecule has 0 atom stereocenters. The fourth-order valence-electron chi connectivity index (χ4n) is 2.10. The Morgan fingerprint density at radius 3 is 2.73 bits per heavy atom. The molecule has 3 rings (SSSR count). The van der Waals surface area contributed by atoms with Crippen LogP contribution in [0.2, 0.25) is 0 Å². The number of H-pyrrole nitrogens is 1. The second-order valence-corrected chi connectivity index (χ2v) is 4.42. The van der Waals surface area contributed by atoms with Crippen LogP contribution in [0.25, 0.3) is 22.2 Å². The number of nitrogens with zero attached hydrogens (tertiary/aromatic N) is 3. The van der Waals surface area contributed by atoms with E-state index < -0.39 is 23.0 Å². The lowest BCUT2D eigenvalue weighted by Crippen LogP contribution is -2.11. The van der Waals surface area contributed by atoms with Gasteiger partial charge in [0.05, 0.1) is 5.69 Å². The molecule has 0 aliphatic heterocycles. The molecule has 0 bridgehead atoms. The number of nitrogen functional groups attached to an aromatic ring is 1. The molecule has 0 aliphatic carbocycles. The molecule has 0 saturated carbocycles. The van der Waals surface area contributed by atoms with E-state index in [4.69, 9.17) is 5.73 Å². The van der Waals surface area contributed by atoms with Gasteiger partial charge in [0.25, 0.3) is 5.56 Å². The van der Waals surface area contributed by atoms with Crippen molar-refractivity contribution in [3.05, 3.63) is 46.6 Å². The number of anilines is 1. The third-order valence-electron chi connectivity index (χ3n) is 3.04. The van der Waals surface area contributed by atoms with Crippen molar-refractivity contribution in [3.63, 3.8) is 0 Å². The zero-order valence-electron chi connectivity index (χ0n) is 10.8. The number of aromatic nitrogens is 4. The van der Waals surface area contributed by atoms with Gasteiger partial charge in [0, 0.05) is 29.5 Å². The Labute approximate surface area is 120 Å². The number of aromatic amines is 1. The predicted molar refractivity (Wildman–Crippen MR) is 72.8 cm³/mol. The number of fused-ring (bicyclic) bond motifs is 1. The molecule has 9 heteroatoms. The molecule has 3 heterocycles. The van der Waals surface area contributed by atoms with Gasteiger partial charge in [-0.05, 0) is 6.07 Å². The summed E-state index contributed by atoms with van der Waals surface area (Å²) < 4.78 is 39.4. The molecular formula is C13H8F3N5O. The highest BCUT2D eigenvalue weighted by molar-refractivity contribution is 5.94. The molecule has 112 valence electrons. The van der Waals surface area contributed by atoms with Crippen LogP contribution in [0.3, 0.4) is 0 Å². The monoisotopic (exact) mass is 307 g/mol. The minimum atomic E-state index is -4.65. The van der Waals surface area contributed by atoms with Gasteiger partial charge in [-0.15, -0.1) is 0 Å². The highest BCUT2D eigenvalue weighted by Crippen LogP contribution is 2.37. The van der Waals surface area contributed by atoms with Gasteiger partial charge in [0.2, 0.25) is 5.95 Å². The van der Waals surface area contributed by atoms with Crippen LogP contribution in [0.4, 0.5) is 19.1 Å². The molecule has 0 radical (unpaired) electrons. The SMILES string of the molecule is Nc1ncc(C(F)(F)F)c(-c2c[nH]c3c(=O)ncccc23)n1. The van der Waals surface area contributed by atoms with Crippen LogP contribution in [0.1, 0.15) is 5.56 Å². The van der Waals surface area contributed by atoms with Crippen molar-refractivity contribution >= 4 is 16.9 Å². The highest BCUT2D eigenvalue weighted by Gasteiger charge is 2.36. The van der Waals surface area contributed by atoms with Crippen molar-refractivity contribution in [2.45, 2.75) is 6.18 Å². The Morgan fingerprint density at radius 1 is 1.23 bits per heavy atom. The van der Waals surface area contributed by atoms with Crippen molar-refractivity contribution in [1.29, 1.82) is 0 Å². The first-order valence-corrected chi connectivity index (χ1v) is 6.04. The summed E-state index contributed by atoms with van der Waals surface area (Å²) in [7, 11) is 0. The molecule has 0 aromatic carbocycles. The maximum Gasteiger partial charge on any atom is 0.419 e. The summed E-state index contributed by atoms with van der Waals surface area (Å²) in [6.45, 7) is 0. The molecule has 6 nitrogen and oxygen atoms in total. The largest absolute Gasteiger partial charge is 0.419 e. The molecular weight excluding hydrogens is 299 g/mol. The van der Waals surface area contributed by atoms with Gasteiger partial charge in [-0.25, -0.2) is 15.0 Å². The summed E-state index contributed by atoms with van der Waals surface area (Å²) in [4.78, 5) is 25.1. The van der Waals surface area contributed by atoms with E-state index in [0.717, 1.165) is 0 Å². The van der Waals surface area contributed by atoms with Crippen LogP contribution < -0.4 is 11.3 Å². The maximum absolute atomic E-state index is 13.1. The van der Waals surface area contributed by atoms with Crippen molar-refractivity contribution in [1.82, 2.24) is 19.9 Å². The molecule has 3 aromatic rings. The van der Waals surface area contributed by atoms with Gasteiger partial charge >= 0.3 is 6.18 Å². The average molecular weight is 307 g/mol. The fourth-order valence-corrected chi connectivity index (χ4v) is 2.10. The first kappa shape index (κ1) is 14.0. The summed E-state index contributed by atoms with van der Waals surface area (Å²) >= 11 is 0.